The second kappa shape index (κ2) is 57.6. The van der Waals surface area contributed by atoms with Gasteiger partial charge in [-0.2, -0.15) is 0 Å². The van der Waals surface area contributed by atoms with Gasteiger partial charge in [0.05, 0.1) is 137 Å². The van der Waals surface area contributed by atoms with Crippen LogP contribution in [0.5, 0.6) is 11.5 Å². The number of nitrogens with zero attached hydrogens (tertiary/aromatic N) is 1. The Labute approximate surface area is 774 Å². The van der Waals surface area contributed by atoms with Crippen molar-refractivity contribution in [2.75, 3.05) is 145 Å². The summed E-state index contributed by atoms with van der Waals surface area (Å²) in [5, 5.41) is 20.8. The number of carbonyl (C=O) groups is 12. The second-order valence-corrected chi connectivity index (χ2v) is 33.5. The van der Waals surface area contributed by atoms with Crippen molar-refractivity contribution < 1.29 is 143 Å². The highest BCUT2D eigenvalue weighted by Gasteiger charge is 2.59. The molecule has 4 unspecified atom stereocenters. The maximum atomic E-state index is 14.4. The van der Waals surface area contributed by atoms with Gasteiger partial charge in [-0.15, -0.1) is 0 Å². The molecule has 35 nitrogen and oxygen atoms in total. The fourth-order valence-corrected chi connectivity index (χ4v) is 16.0. The van der Waals surface area contributed by atoms with E-state index in [0.29, 0.717) is 37.2 Å². The minimum Gasteiger partial charge on any atom is -0.497 e. The minimum atomic E-state index is -1.31. The number of carboxylic acid groups (broad SMARTS) is 1. The number of methoxy groups -OCH3 is 2. The van der Waals surface area contributed by atoms with Crippen LogP contribution >= 0.6 is 0 Å². The number of aliphatic carboxylic acids is 1. The molecule has 0 spiro atoms. The Morgan fingerprint density at radius 2 is 1.00 bits per heavy atom. The van der Waals surface area contributed by atoms with Crippen LogP contribution in [0.4, 0.5) is 5.69 Å². The van der Waals surface area contributed by atoms with Crippen molar-refractivity contribution in [3.8, 4) is 11.5 Å². The van der Waals surface area contributed by atoms with E-state index in [0.717, 1.165) is 42.4 Å². The summed E-state index contributed by atoms with van der Waals surface area (Å²) >= 11 is 0. The number of ether oxygens (including phenoxy) is 17. The molecule has 5 amide bonds. The predicted molar refractivity (Wildman–Crippen MR) is 481 cm³/mol. The van der Waals surface area contributed by atoms with Crippen LogP contribution < -0.4 is 30.7 Å². The van der Waals surface area contributed by atoms with Crippen molar-refractivity contribution in [1.29, 1.82) is 0 Å². The van der Waals surface area contributed by atoms with Crippen molar-refractivity contribution in [2.45, 2.75) is 239 Å². The number of ketones is 2. The molecule has 4 aromatic carbocycles. The number of nitrogens with one attached hydrogen (secondary N) is 4. The third kappa shape index (κ3) is 35.5. The Morgan fingerprint density at radius 1 is 0.492 bits per heavy atom. The van der Waals surface area contributed by atoms with Crippen LogP contribution in [-0.2, 0) is 125 Å². The van der Waals surface area contributed by atoms with Crippen molar-refractivity contribution in [3.63, 3.8) is 0 Å². The van der Waals surface area contributed by atoms with Gasteiger partial charge in [0.1, 0.15) is 60.5 Å². The van der Waals surface area contributed by atoms with E-state index in [4.69, 9.17) is 80.5 Å². The molecular formula is C97H139N5O30. The standard InChI is InChI=1S/C97H139N5O30/c1-13-80-65(4)91(129-69(8)105)89(101-83(109)15-3)94(130-80)125-57-55-123-52-50-120-48-46-118-44-25-29-79(107)70-58-71(92(115)98-43-45-119-47-49-121-51-53-122-54-56-124-93-88(100-82(108)14-2)66(5)90(128-68(7)104)81(131-93)61-126-67(6)103)60-75(59-70)99-84(110)40-35-76(106)28-23-18-16-17-19-24-30-85(111)102-62-95(9,64-127-87(114)42-41-86(112)113)96(10,63-102)132-97(72-26-21-20-22-27-72,73-31-36-77(116-11)37-32-73)74-33-38-78(117-12)39-34-74/h20-22,26-27,31-34,36-39,58-60,65-66,80-81,88-91,93-94H,13-19,23-25,28-30,35,40-57,61-64H2,1-12H3,(H,98,115)(H,99,110)(H,100,108)(H,101,109)(H,112,113)/t65-,66+,80+,81+,88+,89+,90+,91-,93?,94?,95?,96?/m0/s1. The number of hydrogen-bond acceptors (Lipinski definition) is 29. The van der Waals surface area contributed by atoms with Gasteiger partial charge in [0, 0.05) is 119 Å². The van der Waals surface area contributed by atoms with E-state index in [2.05, 4.69) is 21.3 Å². The van der Waals surface area contributed by atoms with Gasteiger partial charge in [-0.25, -0.2) is 0 Å². The molecule has 12 atom stereocenters. The van der Waals surface area contributed by atoms with Crippen molar-refractivity contribution in [3.05, 3.63) is 125 Å². The molecule has 5 N–H and O–H groups in total. The number of anilines is 1. The van der Waals surface area contributed by atoms with Crippen LogP contribution in [0.15, 0.2) is 97.1 Å². The third-order valence-corrected chi connectivity index (χ3v) is 23.4. The van der Waals surface area contributed by atoms with E-state index >= 15 is 0 Å². The molecule has 35 heteroatoms. The Hall–Kier alpha value is -9.92. The predicted octanol–water partition coefficient (Wildman–Crippen LogP) is 10.3. The zero-order valence-corrected chi connectivity index (χ0v) is 78.7. The number of amides is 5. The highest BCUT2D eigenvalue weighted by molar-refractivity contribution is 6.03. The molecule has 132 heavy (non-hydrogen) atoms. The zero-order valence-electron chi connectivity index (χ0n) is 78.7. The van der Waals surface area contributed by atoms with Crippen LogP contribution in [0.25, 0.3) is 0 Å². The average molecular weight is 1860 g/mol. The molecule has 0 aliphatic carbocycles. The van der Waals surface area contributed by atoms with Gasteiger partial charge in [0.2, 0.25) is 23.6 Å². The van der Waals surface area contributed by atoms with E-state index in [-0.39, 0.29) is 235 Å². The lowest BCUT2D eigenvalue weighted by Gasteiger charge is -2.47. The lowest BCUT2D eigenvalue weighted by Crippen LogP contribution is -2.62. The number of rotatable bonds is 63. The van der Waals surface area contributed by atoms with E-state index in [1.807, 2.05) is 107 Å². The monoisotopic (exact) mass is 1850 g/mol. The largest absolute Gasteiger partial charge is 0.497 e. The summed E-state index contributed by atoms with van der Waals surface area (Å²) in [6, 6.07) is 27.9. The lowest BCUT2D eigenvalue weighted by atomic mass is 9.74. The molecule has 0 bridgehead atoms. The molecule has 3 heterocycles. The van der Waals surface area contributed by atoms with Crippen LogP contribution in [0.3, 0.4) is 0 Å². The van der Waals surface area contributed by atoms with Crippen LogP contribution in [0.1, 0.15) is 216 Å². The molecule has 732 valence electrons. The van der Waals surface area contributed by atoms with Crippen molar-refractivity contribution >= 4 is 76.6 Å². The number of hydrogen-bond donors (Lipinski definition) is 5. The first-order valence-electron chi connectivity index (χ1n) is 46.0. The number of carbonyl (C=O) groups excluding carboxylic acids is 11. The fraction of sp³-hybridized carbons (Fsp3) is 0.629. The quantitative estimate of drug-likeness (QED) is 0.00901. The summed E-state index contributed by atoms with van der Waals surface area (Å²) in [4.78, 5) is 156. The smallest absolute Gasteiger partial charge is 0.306 e. The van der Waals surface area contributed by atoms with Crippen molar-refractivity contribution in [2.24, 2.45) is 17.3 Å². The highest BCUT2D eigenvalue weighted by atomic mass is 16.7. The van der Waals surface area contributed by atoms with Crippen molar-refractivity contribution in [1.82, 2.24) is 20.9 Å². The summed E-state index contributed by atoms with van der Waals surface area (Å²) < 4.78 is 99.7. The molecular weight excluding hydrogens is 1720 g/mol. The van der Waals surface area contributed by atoms with Crippen LogP contribution in [-0.4, -0.2) is 275 Å². The van der Waals surface area contributed by atoms with Crippen LogP contribution in [0.2, 0.25) is 0 Å². The highest BCUT2D eigenvalue weighted by Crippen LogP contribution is 2.52. The molecule has 0 aromatic heterocycles. The Morgan fingerprint density at radius 3 is 1.55 bits per heavy atom. The first kappa shape index (κ1) is 109. The summed E-state index contributed by atoms with van der Waals surface area (Å²) in [6.07, 6.45) is 0.743. The number of benzene rings is 4. The maximum Gasteiger partial charge on any atom is 0.306 e. The average Bonchev–Trinajstić information content (AvgIpc) is 1.44. The van der Waals surface area contributed by atoms with Gasteiger partial charge in [0.15, 0.2) is 18.4 Å². The SMILES string of the molecule is CCC(=O)N[C@H]1C(OCCOCCOCCOCCNC(=O)c2cc(NC(=O)CCC(=O)CCCCCCCCC(=O)N3CC(C)(COC(=O)CCC(=O)O)C(C)(OC(c4ccccc4)(c4ccc(OC)cc4)c4ccc(OC)cc4)C3)cc(C(=O)CCCOCCOCCOCCOC3O[C@H](CC)[C@H](C)[C@H](OC(C)=O)[C@H]3NC(=O)CC)c2)O[C@H](COC(C)=O)[C@H](OC(C)=O)[C@@H]1C. The summed E-state index contributed by atoms with van der Waals surface area (Å²) in [7, 11) is 3.18. The van der Waals surface area contributed by atoms with Gasteiger partial charge >= 0.3 is 29.8 Å². The Bertz CT molecular complexity index is 4220. The summed E-state index contributed by atoms with van der Waals surface area (Å²) in [5.74, 6) is -4.90. The minimum absolute atomic E-state index is 0.0377. The van der Waals surface area contributed by atoms with E-state index < -0.39 is 114 Å². The topological polar surface area (TPSA) is 433 Å². The number of unbranched alkanes of at least 4 members (excludes halogenated alkanes) is 5. The Kier molecular flexibility index (Phi) is 47.6. The van der Waals surface area contributed by atoms with Gasteiger partial charge < -0.3 is 112 Å². The fourth-order valence-electron chi connectivity index (χ4n) is 16.0. The number of esters is 4. The van der Waals surface area contributed by atoms with E-state index in [1.165, 1.54) is 39.0 Å². The maximum absolute atomic E-state index is 14.4. The van der Waals surface area contributed by atoms with Gasteiger partial charge in [-0.05, 0) is 91.8 Å². The Balaban J connectivity index is 0.860. The molecule has 3 aliphatic heterocycles. The zero-order chi connectivity index (χ0) is 96.0. The number of carboxylic acids is 1. The number of Topliss-reactive ketones (excluding diaryl/α,β-unsaturated/α-hetero) is 2. The molecule has 0 radical (unpaired) electrons. The second-order valence-electron chi connectivity index (χ2n) is 33.5. The molecule has 4 aromatic rings. The van der Waals surface area contributed by atoms with Gasteiger partial charge in [0.25, 0.3) is 5.91 Å². The molecule has 7 rings (SSSR count). The molecule has 3 saturated heterocycles. The lowest BCUT2D eigenvalue weighted by molar-refractivity contribution is -0.264. The summed E-state index contributed by atoms with van der Waals surface area (Å²) in [6.45, 7) is 19.3. The van der Waals surface area contributed by atoms with Gasteiger partial charge in [-0.3, -0.25) is 57.5 Å². The van der Waals surface area contributed by atoms with Crippen LogP contribution in [0, 0.1) is 17.3 Å². The van der Waals surface area contributed by atoms with E-state index in [1.54, 1.807) is 39.9 Å². The molecule has 0 saturated carbocycles. The first-order chi connectivity index (χ1) is 63.4. The number of likely N-dealkylation sites (tertiary alicyclic amines) is 1. The normalized spacial score (nSPS) is 21.1. The molecule has 3 fully saturated rings. The first-order valence-corrected chi connectivity index (χ1v) is 46.0. The molecule has 3 aliphatic rings. The van der Waals surface area contributed by atoms with Gasteiger partial charge in [-0.1, -0.05) is 122 Å². The third-order valence-electron chi connectivity index (χ3n) is 23.4. The van der Waals surface area contributed by atoms with E-state index in [9.17, 15) is 62.6 Å². The summed E-state index contributed by atoms with van der Waals surface area (Å²) in [5.41, 5.74) is -0.793.